The number of morpholine rings is 1. The number of nitrogens with zero attached hydrogens (tertiary/aromatic N) is 2. The van der Waals surface area contributed by atoms with Crippen molar-refractivity contribution in [3.8, 4) is 0 Å². The van der Waals surface area contributed by atoms with Crippen LogP contribution in [0.3, 0.4) is 0 Å². The van der Waals surface area contributed by atoms with E-state index >= 15 is 0 Å². The van der Waals surface area contributed by atoms with Crippen molar-refractivity contribution in [2.45, 2.75) is 37.8 Å². The average Bonchev–Trinajstić information content (AvgIpc) is 3.29. The van der Waals surface area contributed by atoms with E-state index in [2.05, 4.69) is 29.2 Å². The quantitative estimate of drug-likeness (QED) is 0.837. The number of carbonyl (C=O) groups is 1. The maximum atomic E-state index is 13.0. The van der Waals surface area contributed by atoms with E-state index < -0.39 is 0 Å². The smallest absolute Gasteiger partial charge is 0.320 e. The van der Waals surface area contributed by atoms with Gasteiger partial charge in [0.05, 0.1) is 19.3 Å². The predicted molar refractivity (Wildman–Crippen MR) is 80.2 cm³/mol. The summed E-state index contributed by atoms with van der Waals surface area (Å²) in [6.45, 7) is 2.81. The van der Waals surface area contributed by atoms with Gasteiger partial charge in [0.2, 0.25) is 0 Å². The maximum absolute atomic E-state index is 13.0. The molecule has 4 heteroatoms. The van der Waals surface area contributed by atoms with Gasteiger partial charge in [-0.15, -0.1) is 0 Å². The molecule has 1 atom stereocenters. The van der Waals surface area contributed by atoms with Crippen molar-refractivity contribution < 1.29 is 9.53 Å². The van der Waals surface area contributed by atoms with Crippen LogP contribution in [0, 0.1) is 0 Å². The molecule has 0 N–H and O–H groups in total. The van der Waals surface area contributed by atoms with Crippen LogP contribution in [0.2, 0.25) is 0 Å². The van der Waals surface area contributed by atoms with Gasteiger partial charge in [0.15, 0.2) is 0 Å². The van der Waals surface area contributed by atoms with Crippen molar-refractivity contribution >= 4 is 6.03 Å². The summed E-state index contributed by atoms with van der Waals surface area (Å²) in [4.78, 5) is 17.1. The fourth-order valence-electron chi connectivity index (χ4n) is 3.64. The molecule has 0 spiro atoms. The molecule has 4 nitrogen and oxygen atoms in total. The van der Waals surface area contributed by atoms with E-state index in [0.29, 0.717) is 19.3 Å². The summed E-state index contributed by atoms with van der Waals surface area (Å²) in [6.07, 6.45) is 4.50. The van der Waals surface area contributed by atoms with Crippen LogP contribution in [0.25, 0.3) is 0 Å². The molecule has 2 fully saturated rings. The van der Waals surface area contributed by atoms with Crippen LogP contribution in [0.15, 0.2) is 24.3 Å². The summed E-state index contributed by atoms with van der Waals surface area (Å²) in [5.41, 5.74) is 2.79. The Hall–Kier alpha value is -1.55. The summed E-state index contributed by atoms with van der Waals surface area (Å²) in [7, 11) is 0. The largest absolute Gasteiger partial charge is 0.378 e. The van der Waals surface area contributed by atoms with Crippen LogP contribution in [-0.2, 0) is 11.2 Å². The molecule has 0 unspecified atom stereocenters. The average molecular weight is 286 g/mol. The zero-order valence-electron chi connectivity index (χ0n) is 12.3. The van der Waals surface area contributed by atoms with E-state index in [-0.39, 0.29) is 12.1 Å². The van der Waals surface area contributed by atoms with Crippen LogP contribution < -0.4 is 0 Å². The van der Waals surface area contributed by atoms with Crippen LogP contribution in [0.4, 0.5) is 4.79 Å². The number of carbonyl (C=O) groups excluding carboxylic acids is 1. The third-order valence-electron chi connectivity index (χ3n) is 4.88. The fourth-order valence-corrected chi connectivity index (χ4v) is 3.64. The molecular weight excluding hydrogens is 264 g/mol. The lowest BCUT2D eigenvalue weighted by Gasteiger charge is -2.36. The minimum atomic E-state index is 0.225. The summed E-state index contributed by atoms with van der Waals surface area (Å²) >= 11 is 0. The number of urea groups is 1. The van der Waals surface area contributed by atoms with E-state index in [1.807, 2.05) is 4.90 Å². The van der Waals surface area contributed by atoms with Crippen LogP contribution in [0.5, 0.6) is 0 Å². The van der Waals surface area contributed by atoms with Gasteiger partial charge >= 0.3 is 6.03 Å². The van der Waals surface area contributed by atoms with Gasteiger partial charge in [0.25, 0.3) is 0 Å². The van der Waals surface area contributed by atoms with Gasteiger partial charge in [-0.05, 0) is 36.8 Å². The van der Waals surface area contributed by atoms with E-state index in [0.717, 1.165) is 38.8 Å². The van der Waals surface area contributed by atoms with Crippen molar-refractivity contribution in [2.75, 3.05) is 26.3 Å². The molecule has 2 aliphatic carbocycles. The Labute approximate surface area is 125 Å². The minimum absolute atomic E-state index is 0.225. The van der Waals surface area contributed by atoms with E-state index in [1.54, 1.807) is 0 Å². The number of benzene rings is 1. The molecule has 0 bridgehead atoms. The number of rotatable bonds is 2. The summed E-state index contributed by atoms with van der Waals surface area (Å²) in [5, 5.41) is 0. The standard InChI is InChI=1S/C17H22N2O2/c20-17(18-9-11-21-12-10-18)19(14-6-7-14)16-8-5-13-3-1-2-4-15(13)16/h1-4,14,16H,5-12H2/t16-/m0/s1. The summed E-state index contributed by atoms with van der Waals surface area (Å²) in [6, 6.07) is 9.57. The lowest BCUT2D eigenvalue weighted by molar-refractivity contribution is 0.0379. The molecule has 21 heavy (non-hydrogen) atoms. The Balaban J connectivity index is 1.59. The fraction of sp³-hybridized carbons (Fsp3) is 0.588. The molecular formula is C17H22N2O2. The first-order valence-corrected chi connectivity index (χ1v) is 8.07. The molecule has 1 aromatic rings. The Bertz CT molecular complexity index is 535. The highest BCUT2D eigenvalue weighted by atomic mass is 16.5. The SMILES string of the molecule is O=C(N1CCOCC1)N(C1CC1)[C@H]1CCc2ccccc21. The molecule has 0 radical (unpaired) electrons. The summed E-state index contributed by atoms with van der Waals surface area (Å²) in [5.74, 6) is 0. The molecule has 112 valence electrons. The molecule has 1 heterocycles. The van der Waals surface area contributed by atoms with Gasteiger partial charge in [0, 0.05) is 19.1 Å². The van der Waals surface area contributed by atoms with Crippen molar-refractivity contribution in [3.63, 3.8) is 0 Å². The van der Waals surface area contributed by atoms with E-state index in [4.69, 9.17) is 4.74 Å². The monoisotopic (exact) mass is 286 g/mol. The lowest BCUT2D eigenvalue weighted by atomic mass is 10.1. The molecule has 0 aromatic heterocycles. The number of ether oxygens (including phenoxy) is 1. The van der Waals surface area contributed by atoms with E-state index in [9.17, 15) is 4.79 Å². The molecule has 1 aromatic carbocycles. The number of amides is 2. The van der Waals surface area contributed by atoms with Crippen LogP contribution in [-0.4, -0.2) is 48.2 Å². The topological polar surface area (TPSA) is 32.8 Å². The Morgan fingerprint density at radius 3 is 2.67 bits per heavy atom. The normalized spacial score (nSPS) is 24.8. The second-order valence-corrected chi connectivity index (χ2v) is 6.27. The lowest BCUT2D eigenvalue weighted by Crippen LogP contribution is -2.49. The van der Waals surface area contributed by atoms with Gasteiger partial charge in [-0.2, -0.15) is 0 Å². The molecule has 2 amide bonds. The van der Waals surface area contributed by atoms with Crippen LogP contribution in [0.1, 0.15) is 36.4 Å². The maximum Gasteiger partial charge on any atom is 0.320 e. The molecule has 1 saturated heterocycles. The Morgan fingerprint density at radius 1 is 1.14 bits per heavy atom. The first kappa shape index (κ1) is 13.1. The van der Waals surface area contributed by atoms with Gasteiger partial charge in [0.1, 0.15) is 0 Å². The van der Waals surface area contributed by atoms with Gasteiger partial charge < -0.3 is 14.5 Å². The number of hydrogen-bond acceptors (Lipinski definition) is 2. The third kappa shape index (κ3) is 2.42. The Morgan fingerprint density at radius 2 is 1.90 bits per heavy atom. The third-order valence-corrected chi connectivity index (χ3v) is 4.88. The predicted octanol–water partition coefficient (Wildman–Crippen LogP) is 2.59. The van der Waals surface area contributed by atoms with Crippen molar-refractivity contribution in [2.24, 2.45) is 0 Å². The molecule has 3 aliphatic rings. The van der Waals surface area contributed by atoms with Gasteiger partial charge in [-0.3, -0.25) is 0 Å². The zero-order valence-corrected chi connectivity index (χ0v) is 12.3. The van der Waals surface area contributed by atoms with Crippen molar-refractivity contribution in [3.05, 3.63) is 35.4 Å². The Kier molecular flexibility index (Phi) is 3.34. The molecule has 1 aliphatic heterocycles. The van der Waals surface area contributed by atoms with Gasteiger partial charge in [-0.1, -0.05) is 24.3 Å². The zero-order chi connectivity index (χ0) is 14.2. The highest BCUT2D eigenvalue weighted by Gasteiger charge is 2.42. The first-order chi connectivity index (χ1) is 10.3. The second kappa shape index (κ2) is 5.34. The molecule has 4 rings (SSSR count). The minimum Gasteiger partial charge on any atom is -0.378 e. The van der Waals surface area contributed by atoms with E-state index in [1.165, 1.54) is 11.1 Å². The highest BCUT2D eigenvalue weighted by molar-refractivity contribution is 5.76. The van der Waals surface area contributed by atoms with Crippen LogP contribution >= 0.6 is 0 Å². The number of aryl methyl sites for hydroxylation is 1. The number of hydrogen-bond donors (Lipinski definition) is 0. The molecule has 1 saturated carbocycles. The second-order valence-electron chi connectivity index (χ2n) is 6.27. The highest BCUT2D eigenvalue weighted by Crippen LogP contribution is 2.42. The number of fused-ring (bicyclic) bond motifs is 1. The first-order valence-electron chi connectivity index (χ1n) is 8.07. The summed E-state index contributed by atoms with van der Waals surface area (Å²) < 4.78 is 5.38. The van der Waals surface area contributed by atoms with Gasteiger partial charge in [-0.25, -0.2) is 4.79 Å². The van der Waals surface area contributed by atoms with Crippen molar-refractivity contribution in [1.82, 2.24) is 9.80 Å². The van der Waals surface area contributed by atoms with Crippen molar-refractivity contribution in [1.29, 1.82) is 0 Å².